The van der Waals surface area contributed by atoms with Gasteiger partial charge in [0.05, 0.1) is 0 Å². The van der Waals surface area contributed by atoms with Crippen LogP contribution in [0.2, 0.25) is 0 Å². The van der Waals surface area contributed by atoms with Gasteiger partial charge in [0.15, 0.2) is 0 Å². The van der Waals surface area contributed by atoms with Crippen LogP contribution in [0.3, 0.4) is 0 Å². The molecule has 3 heteroatoms. The van der Waals surface area contributed by atoms with E-state index in [0.717, 1.165) is 5.25 Å². The standard InChI is InChI=1S/C11H13S.BrH.Zn/c1-2-6-10(7-3-1)12-11-8-4-5-9-11;;/h1-2,6-7,11H,4-5,8-9H2;1H;/q-1;;+2/p-1. The van der Waals surface area contributed by atoms with Crippen LogP contribution in [0.1, 0.15) is 25.7 Å². The maximum atomic E-state index is 3.11. The minimum Gasteiger partial charge on any atom is -0.192 e. The molecule has 72 valence electrons. The Hall–Kier alpha value is 0.673. The quantitative estimate of drug-likeness (QED) is 0.576. The Labute approximate surface area is 107 Å². The van der Waals surface area contributed by atoms with Crippen LogP contribution in [0.15, 0.2) is 29.2 Å². The topological polar surface area (TPSA) is 0 Å². The van der Waals surface area contributed by atoms with Crippen molar-refractivity contribution in [3.05, 3.63) is 30.3 Å². The first-order valence-electron chi connectivity index (χ1n) is 4.84. The number of hydrogen-bond donors (Lipinski definition) is 0. The van der Waals surface area contributed by atoms with E-state index in [4.69, 9.17) is 0 Å². The molecule has 1 aromatic rings. The van der Waals surface area contributed by atoms with E-state index < -0.39 is 0 Å². The van der Waals surface area contributed by atoms with Gasteiger partial charge in [0.1, 0.15) is 0 Å². The maximum absolute atomic E-state index is 3.11. The van der Waals surface area contributed by atoms with Crippen molar-refractivity contribution in [2.45, 2.75) is 35.8 Å². The molecular formula is C11H13BrSZn. The summed E-state index contributed by atoms with van der Waals surface area (Å²) in [4.78, 5) is 1.38. The molecule has 1 aliphatic rings. The van der Waals surface area contributed by atoms with Crippen molar-refractivity contribution >= 4 is 25.4 Å². The van der Waals surface area contributed by atoms with Gasteiger partial charge in [-0.3, -0.25) is 0 Å². The molecule has 0 aromatic heterocycles. The van der Waals surface area contributed by atoms with Gasteiger partial charge in [-0.2, -0.15) is 42.1 Å². The Kier molecular flexibility index (Phi) is 7.19. The van der Waals surface area contributed by atoms with Gasteiger partial charge in [0.25, 0.3) is 0 Å². The average molecular weight is 323 g/mol. The van der Waals surface area contributed by atoms with Crippen LogP contribution in [0.4, 0.5) is 0 Å². The van der Waals surface area contributed by atoms with Crippen molar-refractivity contribution < 1.29 is 16.3 Å². The molecule has 0 radical (unpaired) electrons. The predicted molar refractivity (Wildman–Crippen MR) is 62.3 cm³/mol. The number of benzene rings is 1. The fraction of sp³-hybridized carbons (Fsp3) is 0.455. The normalized spacial score (nSPS) is 16.2. The summed E-state index contributed by atoms with van der Waals surface area (Å²) in [5.41, 5.74) is 0. The summed E-state index contributed by atoms with van der Waals surface area (Å²) in [7, 11) is 0. The summed E-state index contributed by atoms with van der Waals surface area (Å²) in [5, 5.41) is 0.876. The second kappa shape index (κ2) is 7.90. The van der Waals surface area contributed by atoms with Crippen LogP contribution in [-0.4, -0.2) is 5.25 Å². The SMILES string of the molecule is [Zn+][Br].[c-]1cccc(SC2CCCC2)c1. The fourth-order valence-electron chi connectivity index (χ4n) is 1.65. The first kappa shape index (κ1) is 12.7. The van der Waals surface area contributed by atoms with Gasteiger partial charge in [-0.15, -0.1) is 4.90 Å². The van der Waals surface area contributed by atoms with Gasteiger partial charge in [-0.05, 0) is 18.1 Å². The number of rotatable bonds is 2. The van der Waals surface area contributed by atoms with E-state index >= 15 is 0 Å². The Morgan fingerprint density at radius 2 is 2.07 bits per heavy atom. The smallest absolute Gasteiger partial charge is 0.00262 e. The molecule has 0 aliphatic heterocycles. The van der Waals surface area contributed by atoms with Gasteiger partial charge in [-0.25, -0.2) is 0 Å². The largest absolute Gasteiger partial charge is 0.192 e. The maximum Gasteiger partial charge on any atom is -0.00262 e. The molecule has 0 spiro atoms. The monoisotopic (exact) mass is 320 g/mol. The molecule has 0 N–H and O–H groups in total. The van der Waals surface area contributed by atoms with Gasteiger partial charge in [0, 0.05) is 0 Å². The van der Waals surface area contributed by atoms with E-state index in [1.165, 1.54) is 46.9 Å². The van der Waals surface area contributed by atoms with E-state index in [-0.39, 0.29) is 0 Å². The molecular weight excluding hydrogens is 309 g/mol. The molecule has 0 nitrogen and oxygen atoms in total. The van der Waals surface area contributed by atoms with Gasteiger partial charge in [-0.1, -0.05) is 12.8 Å². The molecule has 0 unspecified atom stereocenters. The summed E-state index contributed by atoms with van der Waals surface area (Å²) < 4.78 is 0. The zero-order valence-corrected chi connectivity index (χ0v) is 13.6. The van der Waals surface area contributed by atoms with Crippen molar-refractivity contribution in [3.8, 4) is 0 Å². The molecule has 1 aromatic carbocycles. The Bertz CT molecular complexity index is 234. The van der Waals surface area contributed by atoms with E-state index in [1.54, 1.807) is 0 Å². The molecule has 2 rings (SSSR count). The zero-order valence-electron chi connectivity index (χ0n) is 8.21. The minimum atomic E-state index is 0.876. The Balaban J connectivity index is 0.000000461. The molecule has 1 aliphatic carbocycles. The molecule has 14 heavy (non-hydrogen) atoms. The van der Waals surface area contributed by atoms with Crippen molar-refractivity contribution in [3.63, 3.8) is 0 Å². The van der Waals surface area contributed by atoms with E-state index in [9.17, 15) is 0 Å². The van der Waals surface area contributed by atoms with Crippen molar-refractivity contribution in [2.75, 3.05) is 0 Å². The van der Waals surface area contributed by atoms with Crippen LogP contribution in [0, 0.1) is 6.07 Å². The summed E-state index contributed by atoms with van der Waals surface area (Å²) >= 11 is 6.27. The van der Waals surface area contributed by atoms with Crippen LogP contribution >= 0.6 is 25.4 Å². The molecule has 0 atom stereocenters. The van der Waals surface area contributed by atoms with Crippen LogP contribution < -0.4 is 0 Å². The van der Waals surface area contributed by atoms with Crippen LogP contribution in [0.5, 0.6) is 0 Å². The molecule has 1 saturated carbocycles. The second-order valence-electron chi connectivity index (χ2n) is 3.26. The zero-order chi connectivity index (χ0) is 10.2. The molecule has 0 heterocycles. The third kappa shape index (κ3) is 4.46. The first-order valence-corrected chi connectivity index (χ1v) is 12.7. The number of thioether (sulfide) groups is 1. The van der Waals surface area contributed by atoms with Crippen molar-refractivity contribution in [1.29, 1.82) is 0 Å². The second-order valence-corrected chi connectivity index (χ2v) is 4.64. The molecule has 0 saturated heterocycles. The third-order valence-electron chi connectivity index (χ3n) is 2.28. The van der Waals surface area contributed by atoms with Gasteiger partial charge >= 0.3 is 30.0 Å². The van der Waals surface area contributed by atoms with E-state index in [1.807, 2.05) is 17.8 Å². The number of halogens is 1. The Morgan fingerprint density at radius 3 is 2.64 bits per heavy atom. The average Bonchev–Trinajstić information content (AvgIpc) is 2.75. The first-order chi connectivity index (χ1) is 6.95. The number of hydrogen-bond acceptors (Lipinski definition) is 1. The predicted octanol–water partition coefficient (Wildman–Crippen LogP) is 4.36. The fourth-order valence-corrected chi connectivity index (χ4v) is 2.90. The van der Waals surface area contributed by atoms with Crippen molar-refractivity contribution in [2.24, 2.45) is 0 Å². The summed E-state index contributed by atoms with van der Waals surface area (Å²) in [6, 6.07) is 11.4. The van der Waals surface area contributed by atoms with Gasteiger partial charge in [0.2, 0.25) is 0 Å². The van der Waals surface area contributed by atoms with E-state index in [0.29, 0.717) is 0 Å². The minimum absolute atomic E-state index is 0.876. The summed E-state index contributed by atoms with van der Waals surface area (Å²) in [6.07, 6.45) is 5.65. The summed E-state index contributed by atoms with van der Waals surface area (Å²) in [5.74, 6) is 0. The molecule has 0 amide bonds. The van der Waals surface area contributed by atoms with Crippen LogP contribution in [0.25, 0.3) is 0 Å². The van der Waals surface area contributed by atoms with Gasteiger partial charge < -0.3 is 0 Å². The molecule has 1 fully saturated rings. The summed E-state index contributed by atoms with van der Waals surface area (Å²) in [6.45, 7) is 0. The van der Waals surface area contributed by atoms with E-state index in [2.05, 4.69) is 37.9 Å². The third-order valence-corrected chi connectivity index (χ3v) is 3.61. The Morgan fingerprint density at radius 1 is 1.36 bits per heavy atom. The molecule has 0 bridgehead atoms. The van der Waals surface area contributed by atoms with Crippen molar-refractivity contribution in [1.82, 2.24) is 0 Å². The van der Waals surface area contributed by atoms with Crippen LogP contribution in [-0.2, 0) is 16.3 Å².